The van der Waals surface area contributed by atoms with Gasteiger partial charge < -0.3 is 10.1 Å². The van der Waals surface area contributed by atoms with E-state index in [-0.39, 0.29) is 12.0 Å². The van der Waals surface area contributed by atoms with Crippen LogP contribution in [0.15, 0.2) is 18.2 Å². The zero-order valence-electron chi connectivity index (χ0n) is 9.37. The highest BCUT2D eigenvalue weighted by atomic mass is 19.2. The van der Waals surface area contributed by atoms with Gasteiger partial charge in [-0.1, -0.05) is 6.07 Å². The lowest BCUT2D eigenvalue weighted by Crippen LogP contribution is -2.27. The molecule has 2 rings (SSSR count). The molecule has 0 unspecified atom stereocenters. The molecule has 92 valence electrons. The van der Waals surface area contributed by atoms with Crippen LogP contribution in [0, 0.1) is 11.6 Å². The number of benzene rings is 1. The summed E-state index contributed by atoms with van der Waals surface area (Å²) in [6.07, 6.45) is 0.256. The fourth-order valence-corrected chi connectivity index (χ4v) is 1.79. The molecule has 3 nitrogen and oxygen atoms in total. The number of hydrogen-bond donors (Lipinski definition) is 1. The van der Waals surface area contributed by atoms with Crippen molar-refractivity contribution >= 4 is 6.09 Å². The van der Waals surface area contributed by atoms with Gasteiger partial charge in [0.25, 0.3) is 0 Å². The van der Waals surface area contributed by atoms with Crippen LogP contribution in [-0.2, 0) is 4.74 Å². The summed E-state index contributed by atoms with van der Waals surface area (Å²) in [6, 6.07) is 3.77. The van der Waals surface area contributed by atoms with E-state index >= 15 is 0 Å². The quantitative estimate of drug-likeness (QED) is 0.883. The fourth-order valence-electron chi connectivity index (χ4n) is 1.79. The first-order valence-corrected chi connectivity index (χ1v) is 5.50. The Balaban J connectivity index is 1.93. The molecular formula is C12H13F2NO2. The summed E-state index contributed by atoms with van der Waals surface area (Å²) >= 11 is 0. The molecule has 0 saturated heterocycles. The molecule has 0 aliphatic heterocycles. The maximum Gasteiger partial charge on any atom is 0.407 e. The summed E-state index contributed by atoms with van der Waals surface area (Å²) in [7, 11) is 0. The number of rotatable bonds is 3. The van der Waals surface area contributed by atoms with Gasteiger partial charge in [0.05, 0.1) is 6.61 Å². The van der Waals surface area contributed by atoms with Crippen molar-refractivity contribution in [2.75, 3.05) is 6.61 Å². The van der Waals surface area contributed by atoms with E-state index in [9.17, 15) is 13.6 Å². The molecule has 1 aromatic rings. The second-order valence-corrected chi connectivity index (χ2v) is 3.99. The highest BCUT2D eigenvalue weighted by Crippen LogP contribution is 2.41. The molecule has 1 N–H and O–H groups in total. The molecule has 1 fully saturated rings. The number of hydrogen-bond acceptors (Lipinski definition) is 2. The molecule has 2 atom stereocenters. The number of carbonyl (C=O) groups excluding carboxylic acids is 1. The Morgan fingerprint density at radius 3 is 2.88 bits per heavy atom. The molecule has 0 spiro atoms. The first-order valence-electron chi connectivity index (χ1n) is 5.50. The van der Waals surface area contributed by atoms with Crippen LogP contribution in [-0.4, -0.2) is 18.7 Å². The summed E-state index contributed by atoms with van der Waals surface area (Å²) < 4.78 is 30.5. The maximum atomic E-state index is 13.0. The first kappa shape index (κ1) is 11.8. The summed E-state index contributed by atoms with van der Waals surface area (Å²) in [6.45, 7) is 2.04. The van der Waals surface area contributed by atoms with E-state index in [4.69, 9.17) is 4.74 Å². The van der Waals surface area contributed by atoms with Gasteiger partial charge in [-0.05, 0) is 31.0 Å². The number of ether oxygens (including phenoxy) is 1. The van der Waals surface area contributed by atoms with Crippen molar-refractivity contribution in [1.29, 1.82) is 0 Å². The van der Waals surface area contributed by atoms with Crippen molar-refractivity contribution in [2.45, 2.75) is 25.3 Å². The van der Waals surface area contributed by atoms with E-state index < -0.39 is 17.7 Å². The van der Waals surface area contributed by atoms with Crippen LogP contribution in [0.25, 0.3) is 0 Å². The largest absolute Gasteiger partial charge is 0.450 e. The average Bonchev–Trinajstić information content (AvgIpc) is 3.01. The van der Waals surface area contributed by atoms with Gasteiger partial charge in [0.1, 0.15) is 0 Å². The molecule has 0 radical (unpaired) electrons. The van der Waals surface area contributed by atoms with Crippen molar-refractivity contribution in [3.63, 3.8) is 0 Å². The summed E-state index contributed by atoms with van der Waals surface area (Å²) in [5.41, 5.74) is 0.700. The van der Waals surface area contributed by atoms with Crippen molar-refractivity contribution in [3.05, 3.63) is 35.4 Å². The van der Waals surface area contributed by atoms with Crippen LogP contribution in [0.5, 0.6) is 0 Å². The van der Waals surface area contributed by atoms with Gasteiger partial charge in [-0.25, -0.2) is 13.6 Å². The zero-order valence-corrected chi connectivity index (χ0v) is 9.37. The zero-order chi connectivity index (χ0) is 12.4. The highest BCUT2D eigenvalue weighted by molar-refractivity contribution is 5.68. The molecule has 17 heavy (non-hydrogen) atoms. The molecule has 1 aromatic carbocycles. The van der Waals surface area contributed by atoms with Crippen LogP contribution in [0.2, 0.25) is 0 Å². The van der Waals surface area contributed by atoms with E-state index in [1.54, 1.807) is 6.92 Å². The molecule has 0 aromatic heterocycles. The second-order valence-electron chi connectivity index (χ2n) is 3.99. The predicted octanol–water partition coefficient (Wildman–Crippen LogP) is 2.57. The van der Waals surface area contributed by atoms with Gasteiger partial charge >= 0.3 is 6.09 Å². The third-order valence-corrected chi connectivity index (χ3v) is 2.74. The van der Waals surface area contributed by atoms with Crippen LogP contribution in [0.4, 0.5) is 13.6 Å². The third-order valence-electron chi connectivity index (χ3n) is 2.74. The Hall–Kier alpha value is -1.65. The van der Waals surface area contributed by atoms with Gasteiger partial charge in [-0.3, -0.25) is 0 Å². The van der Waals surface area contributed by atoms with Gasteiger partial charge in [0.15, 0.2) is 11.6 Å². The fraction of sp³-hybridized carbons (Fsp3) is 0.417. The topological polar surface area (TPSA) is 38.3 Å². The highest BCUT2D eigenvalue weighted by Gasteiger charge is 2.40. The number of halogens is 2. The average molecular weight is 241 g/mol. The Morgan fingerprint density at radius 1 is 1.47 bits per heavy atom. The summed E-state index contributed by atoms with van der Waals surface area (Å²) in [4.78, 5) is 11.1. The lowest BCUT2D eigenvalue weighted by molar-refractivity contribution is 0.151. The normalized spacial score (nSPS) is 22.1. The number of carbonyl (C=O) groups is 1. The van der Waals surface area contributed by atoms with Crippen LogP contribution in [0.1, 0.15) is 24.8 Å². The van der Waals surface area contributed by atoms with Crippen molar-refractivity contribution in [1.82, 2.24) is 5.32 Å². The van der Waals surface area contributed by atoms with Crippen LogP contribution < -0.4 is 5.32 Å². The molecule has 0 heterocycles. The molecule has 0 bridgehead atoms. The lowest BCUT2D eigenvalue weighted by Gasteiger charge is -2.04. The maximum absolute atomic E-state index is 13.0. The number of nitrogens with one attached hydrogen (secondary N) is 1. The molecule has 1 saturated carbocycles. The van der Waals surface area contributed by atoms with Crippen molar-refractivity contribution < 1.29 is 18.3 Å². The van der Waals surface area contributed by atoms with E-state index in [0.29, 0.717) is 12.2 Å². The third kappa shape index (κ3) is 2.72. The standard InChI is InChI=1S/C12H13F2NO2/c1-2-17-12(16)15-11-6-8(11)7-3-4-9(13)10(14)5-7/h3-5,8,11H,2,6H2,1H3,(H,15,16)/t8-,11+/m0/s1. The Morgan fingerprint density at radius 2 is 2.24 bits per heavy atom. The molecular weight excluding hydrogens is 228 g/mol. The predicted molar refractivity (Wildman–Crippen MR) is 57.7 cm³/mol. The van der Waals surface area contributed by atoms with Gasteiger partial charge in [-0.15, -0.1) is 0 Å². The SMILES string of the molecule is CCOC(=O)N[C@@H]1C[C@H]1c1ccc(F)c(F)c1. The second kappa shape index (κ2) is 4.69. The van der Waals surface area contributed by atoms with E-state index in [1.807, 2.05) is 0 Å². The Kier molecular flexibility index (Phi) is 3.26. The number of alkyl carbamates (subject to hydrolysis) is 1. The Labute approximate surface area is 97.8 Å². The molecule has 5 heteroatoms. The van der Waals surface area contributed by atoms with Crippen LogP contribution in [0.3, 0.4) is 0 Å². The van der Waals surface area contributed by atoms with Gasteiger partial charge in [0, 0.05) is 12.0 Å². The number of amides is 1. The van der Waals surface area contributed by atoms with Crippen molar-refractivity contribution in [2.24, 2.45) is 0 Å². The molecule has 1 aliphatic carbocycles. The summed E-state index contributed by atoms with van der Waals surface area (Å²) in [5.74, 6) is -1.66. The summed E-state index contributed by atoms with van der Waals surface area (Å²) in [5, 5.41) is 2.66. The van der Waals surface area contributed by atoms with Crippen molar-refractivity contribution in [3.8, 4) is 0 Å². The molecule has 1 aliphatic rings. The Bertz CT molecular complexity index is 437. The first-order chi connectivity index (χ1) is 8.11. The minimum Gasteiger partial charge on any atom is -0.450 e. The van der Waals surface area contributed by atoms with Gasteiger partial charge in [-0.2, -0.15) is 0 Å². The smallest absolute Gasteiger partial charge is 0.407 e. The van der Waals surface area contributed by atoms with E-state index in [2.05, 4.69) is 5.32 Å². The van der Waals surface area contributed by atoms with Crippen LogP contribution >= 0.6 is 0 Å². The van der Waals surface area contributed by atoms with Gasteiger partial charge in [0.2, 0.25) is 0 Å². The lowest BCUT2D eigenvalue weighted by atomic mass is 10.1. The minimum atomic E-state index is -0.857. The minimum absolute atomic E-state index is 0.0427. The monoisotopic (exact) mass is 241 g/mol. The van der Waals surface area contributed by atoms with E-state index in [1.165, 1.54) is 12.1 Å². The molecule has 1 amide bonds. The van der Waals surface area contributed by atoms with E-state index in [0.717, 1.165) is 12.5 Å².